The van der Waals surface area contributed by atoms with E-state index in [9.17, 15) is 0 Å². The summed E-state index contributed by atoms with van der Waals surface area (Å²) in [4.78, 5) is 4.01. The molecule has 1 aliphatic carbocycles. The molecule has 3 nitrogen and oxygen atoms in total. The van der Waals surface area contributed by atoms with Crippen LogP contribution in [0.25, 0.3) is 0 Å². The van der Waals surface area contributed by atoms with Crippen LogP contribution < -0.4 is 11.1 Å². The molecule has 3 heteroatoms. The van der Waals surface area contributed by atoms with Crippen LogP contribution in [0.15, 0.2) is 17.6 Å². The molecular formula is C17H33N3. The monoisotopic (exact) mass is 279 g/mol. The van der Waals surface area contributed by atoms with Gasteiger partial charge in [0.05, 0.1) is 0 Å². The lowest BCUT2D eigenvalue weighted by atomic mass is 9.78. The highest BCUT2D eigenvalue weighted by Gasteiger charge is 2.24. The summed E-state index contributed by atoms with van der Waals surface area (Å²) in [6, 6.07) is 0.527. The van der Waals surface area contributed by atoms with Crippen molar-refractivity contribution in [3.05, 3.63) is 12.7 Å². The number of hydrogen-bond acceptors (Lipinski definition) is 1. The van der Waals surface area contributed by atoms with Gasteiger partial charge in [-0.3, -0.25) is 4.99 Å². The van der Waals surface area contributed by atoms with E-state index < -0.39 is 0 Å². The number of nitrogens with one attached hydrogen (secondary N) is 1. The molecule has 116 valence electrons. The molecule has 0 aromatic heterocycles. The van der Waals surface area contributed by atoms with Gasteiger partial charge < -0.3 is 11.1 Å². The van der Waals surface area contributed by atoms with Crippen molar-refractivity contribution >= 4 is 5.96 Å². The summed E-state index contributed by atoms with van der Waals surface area (Å²) < 4.78 is 0. The molecule has 0 aromatic rings. The average Bonchev–Trinajstić information content (AvgIpc) is 2.45. The van der Waals surface area contributed by atoms with Crippen LogP contribution in [0.5, 0.6) is 0 Å². The first-order valence-corrected chi connectivity index (χ1v) is 8.29. The fraction of sp³-hybridized carbons (Fsp3) is 0.824. The van der Waals surface area contributed by atoms with Crippen LogP contribution in [0.4, 0.5) is 0 Å². The first-order valence-electron chi connectivity index (χ1n) is 8.29. The Morgan fingerprint density at radius 1 is 1.45 bits per heavy atom. The Morgan fingerprint density at radius 2 is 2.25 bits per heavy atom. The zero-order valence-electron chi connectivity index (χ0n) is 13.4. The second-order valence-corrected chi connectivity index (χ2v) is 6.24. The largest absolute Gasteiger partial charge is 0.370 e. The molecule has 0 saturated heterocycles. The van der Waals surface area contributed by atoms with Gasteiger partial charge >= 0.3 is 0 Å². The molecule has 0 heterocycles. The molecule has 1 rings (SSSR count). The van der Waals surface area contributed by atoms with Crippen molar-refractivity contribution in [2.75, 3.05) is 7.05 Å². The van der Waals surface area contributed by atoms with Gasteiger partial charge in [-0.2, -0.15) is 0 Å². The van der Waals surface area contributed by atoms with Gasteiger partial charge in [0.2, 0.25) is 0 Å². The highest BCUT2D eigenvalue weighted by atomic mass is 15.1. The fourth-order valence-corrected chi connectivity index (χ4v) is 3.52. The number of hydrogen-bond donors (Lipinski definition) is 2. The third kappa shape index (κ3) is 6.44. The lowest BCUT2D eigenvalue weighted by Crippen LogP contribution is -2.42. The molecule has 0 bridgehead atoms. The Bertz CT molecular complexity index is 299. The zero-order chi connectivity index (χ0) is 14.8. The number of nitrogens with two attached hydrogens (primary N) is 1. The second kappa shape index (κ2) is 9.84. The number of allylic oxidation sites excluding steroid dienone is 1. The van der Waals surface area contributed by atoms with Crippen LogP contribution in [0, 0.1) is 11.8 Å². The number of rotatable bonds is 8. The van der Waals surface area contributed by atoms with E-state index in [1.807, 2.05) is 0 Å². The van der Waals surface area contributed by atoms with Crippen molar-refractivity contribution in [2.24, 2.45) is 22.6 Å². The molecular weight excluding hydrogens is 246 g/mol. The van der Waals surface area contributed by atoms with E-state index in [1.165, 1.54) is 51.4 Å². The minimum absolute atomic E-state index is 0.527. The minimum atomic E-state index is 0.527. The van der Waals surface area contributed by atoms with Crippen molar-refractivity contribution in [3.63, 3.8) is 0 Å². The topological polar surface area (TPSA) is 50.4 Å². The van der Waals surface area contributed by atoms with Gasteiger partial charge in [0.1, 0.15) is 0 Å². The molecule has 0 aliphatic heterocycles. The van der Waals surface area contributed by atoms with Gasteiger partial charge in [-0.25, -0.2) is 0 Å². The molecule has 3 N–H and O–H groups in total. The van der Waals surface area contributed by atoms with Crippen LogP contribution >= 0.6 is 0 Å². The summed E-state index contributed by atoms with van der Waals surface area (Å²) in [6.45, 7) is 6.15. The Balaban J connectivity index is 2.42. The van der Waals surface area contributed by atoms with E-state index in [2.05, 4.69) is 29.9 Å². The molecule has 0 radical (unpaired) electrons. The molecule has 1 aliphatic rings. The van der Waals surface area contributed by atoms with Crippen LogP contribution in [-0.4, -0.2) is 19.0 Å². The van der Waals surface area contributed by atoms with Gasteiger partial charge in [0, 0.05) is 13.1 Å². The fourth-order valence-electron chi connectivity index (χ4n) is 3.52. The predicted molar refractivity (Wildman–Crippen MR) is 88.9 cm³/mol. The third-order valence-electron chi connectivity index (χ3n) is 4.52. The van der Waals surface area contributed by atoms with E-state index >= 15 is 0 Å². The van der Waals surface area contributed by atoms with E-state index in [4.69, 9.17) is 5.73 Å². The molecule has 1 saturated carbocycles. The summed E-state index contributed by atoms with van der Waals surface area (Å²) in [5.74, 6) is 2.32. The Kier molecular flexibility index (Phi) is 8.40. The molecule has 1 fully saturated rings. The van der Waals surface area contributed by atoms with E-state index in [-0.39, 0.29) is 0 Å². The molecule has 0 amide bonds. The molecule has 0 aromatic carbocycles. The van der Waals surface area contributed by atoms with Crippen molar-refractivity contribution < 1.29 is 0 Å². The molecule has 3 atom stereocenters. The predicted octanol–water partition coefficient (Wildman–Crippen LogP) is 3.85. The number of nitrogens with zero attached hydrogens (tertiary/aromatic N) is 1. The Morgan fingerprint density at radius 3 is 2.90 bits per heavy atom. The maximum atomic E-state index is 5.79. The normalized spacial score (nSPS) is 25.2. The zero-order valence-corrected chi connectivity index (χ0v) is 13.4. The van der Waals surface area contributed by atoms with Crippen LogP contribution in [0.3, 0.4) is 0 Å². The maximum Gasteiger partial charge on any atom is 0.188 e. The van der Waals surface area contributed by atoms with Crippen molar-refractivity contribution in [1.29, 1.82) is 0 Å². The van der Waals surface area contributed by atoms with Crippen LogP contribution in [-0.2, 0) is 0 Å². The van der Waals surface area contributed by atoms with Crippen molar-refractivity contribution in [2.45, 2.75) is 70.8 Å². The molecule has 0 spiro atoms. The summed E-state index contributed by atoms with van der Waals surface area (Å²) >= 11 is 0. The first-order chi connectivity index (χ1) is 9.69. The first kappa shape index (κ1) is 17.1. The van der Waals surface area contributed by atoms with Crippen LogP contribution in [0.2, 0.25) is 0 Å². The standard InChI is InChI=1S/C17H33N3/c1-4-6-9-14(8-5-2)12-15-10-7-11-16(13-15)20-17(18)19-3/h4,14-16H,1,5-13H2,2-3H3,(H3,18,19,20). The quantitative estimate of drug-likeness (QED) is 0.403. The van der Waals surface area contributed by atoms with Gasteiger partial charge in [0.25, 0.3) is 0 Å². The average molecular weight is 279 g/mol. The minimum Gasteiger partial charge on any atom is -0.370 e. The SMILES string of the molecule is C=CCCC(CCC)CC1CCCC(NC(N)=NC)C1. The third-order valence-corrected chi connectivity index (χ3v) is 4.52. The summed E-state index contributed by atoms with van der Waals surface area (Å²) in [6.07, 6.45) is 13.8. The maximum absolute atomic E-state index is 5.79. The number of aliphatic imine (C=N–C) groups is 1. The summed E-state index contributed by atoms with van der Waals surface area (Å²) in [5.41, 5.74) is 5.79. The lowest BCUT2D eigenvalue weighted by molar-refractivity contribution is 0.243. The highest BCUT2D eigenvalue weighted by molar-refractivity contribution is 5.77. The van der Waals surface area contributed by atoms with Crippen LogP contribution in [0.1, 0.15) is 64.7 Å². The summed E-state index contributed by atoms with van der Waals surface area (Å²) in [5, 5.41) is 3.36. The molecule has 20 heavy (non-hydrogen) atoms. The molecule has 3 unspecified atom stereocenters. The van der Waals surface area contributed by atoms with Crippen molar-refractivity contribution in [1.82, 2.24) is 5.32 Å². The van der Waals surface area contributed by atoms with Gasteiger partial charge in [-0.05, 0) is 43.9 Å². The van der Waals surface area contributed by atoms with E-state index in [1.54, 1.807) is 7.05 Å². The Hall–Kier alpha value is -0.990. The van der Waals surface area contributed by atoms with E-state index in [0.29, 0.717) is 12.0 Å². The van der Waals surface area contributed by atoms with Gasteiger partial charge in [0.15, 0.2) is 5.96 Å². The summed E-state index contributed by atoms with van der Waals surface area (Å²) in [7, 11) is 1.75. The van der Waals surface area contributed by atoms with E-state index in [0.717, 1.165) is 18.3 Å². The Labute approximate surface area is 125 Å². The van der Waals surface area contributed by atoms with Gasteiger partial charge in [-0.1, -0.05) is 38.7 Å². The van der Waals surface area contributed by atoms with Gasteiger partial charge in [-0.15, -0.1) is 6.58 Å². The lowest BCUT2D eigenvalue weighted by Gasteiger charge is -2.32. The number of guanidine groups is 1. The smallest absolute Gasteiger partial charge is 0.188 e. The second-order valence-electron chi connectivity index (χ2n) is 6.24. The van der Waals surface area contributed by atoms with Crippen molar-refractivity contribution in [3.8, 4) is 0 Å². The highest BCUT2D eigenvalue weighted by Crippen LogP contribution is 2.32.